The number of rotatable bonds is 3. The number of hydrogen-bond donors (Lipinski definition) is 0. The van der Waals surface area contributed by atoms with Gasteiger partial charge in [0.05, 0.1) is 17.5 Å². The molecule has 0 aliphatic carbocycles. The number of carbonyl (C=O) groups excluding carboxylic acids is 1. The van der Waals surface area contributed by atoms with Crippen LogP contribution >= 0.6 is 27.5 Å². The molecule has 0 atom stereocenters. The highest BCUT2D eigenvalue weighted by molar-refractivity contribution is 9.09. The quantitative estimate of drug-likeness (QED) is 0.619. The molecule has 0 saturated heterocycles. The number of benzene rings is 1. The lowest BCUT2D eigenvalue weighted by Crippen LogP contribution is -2.01. The smallest absolute Gasteiger partial charge is 0.175 e. The number of carbonyl (C=O) groups is 1. The maximum absolute atomic E-state index is 11.3. The van der Waals surface area contributed by atoms with Gasteiger partial charge >= 0.3 is 0 Å². The van der Waals surface area contributed by atoms with E-state index in [1.807, 2.05) is 0 Å². The highest BCUT2D eigenvalue weighted by Gasteiger charge is 2.11. The van der Waals surface area contributed by atoms with E-state index < -0.39 is 0 Å². The van der Waals surface area contributed by atoms with E-state index in [2.05, 4.69) is 15.9 Å². The molecule has 0 aromatic heterocycles. The number of methoxy groups -OCH3 is 1. The summed E-state index contributed by atoms with van der Waals surface area (Å²) in [7, 11) is 1.52. The predicted molar refractivity (Wildman–Crippen MR) is 56.1 cm³/mol. The van der Waals surface area contributed by atoms with Crippen molar-refractivity contribution in [2.45, 2.75) is 0 Å². The molecule has 0 unspecified atom stereocenters. The molecule has 4 heteroatoms. The van der Waals surface area contributed by atoms with Gasteiger partial charge in [-0.1, -0.05) is 33.6 Å². The number of Topliss-reactive ketones (excluding diaryl/α,β-unsaturated/α-hetero) is 1. The Morgan fingerprint density at radius 2 is 2.31 bits per heavy atom. The second kappa shape index (κ2) is 4.63. The summed E-state index contributed by atoms with van der Waals surface area (Å²) >= 11 is 9.00. The van der Waals surface area contributed by atoms with E-state index in [4.69, 9.17) is 16.3 Å². The fraction of sp³-hybridized carbons (Fsp3) is 0.222. The van der Waals surface area contributed by atoms with E-state index in [0.717, 1.165) is 0 Å². The number of halogens is 2. The zero-order valence-corrected chi connectivity index (χ0v) is 9.35. The largest absolute Gasteiger partial charge is 0.495 e. The van der Waals surface area contributed by atoms with Crippen LogP contribution < -0.4 is 4.74 Å². The SMILES string of the molecule is COc1cccc(C(=O)CBr)c1Cl. The molecule has 70 valence electrons. The molecular weight excluding hydrogens is 255 g/mol. The summed E-state index contributed by atoms with van der Waals surface area (Å²) in [4.78, 5) is 11.3. The van der Waals surface area contributed by atoms with Crippen molar-refractivity contribution in [1.29, 1.82) is 0 Å². The van der Waals surface area contributed by atoms with Gasteiger partial charge < -0.3 is 4.74 Å². The van der Waals surface area contributed by atoms with Crippen LogP contribution in [0.4, 0.5) is 0 Å². The fourth-order valence-corrected chi connectivity index (χ4v) is 1.57. The standard InChI is InChI=1S/C9H8BrClO2/c1-13-8-4-2-3-6(9(8)11)7(12)5-10/h2-4H,5H2,1H3. The van der Waals surface area contributed by atoms with E-state index in [-0.39, 0.29) is 11.1 Å². The average Bonchev–Trinajstić information content (AvgIpc) is 2.17. The minimum absolute atomic E-state index is 0.0519. The first-order valence-corrected chi connectivity index (χ1v) is 5.12. The second-order valence-corrected chi connectivity index (χ2v) is 3.32. The van der Waals surface area contributed by atoms with Gasteiger partial charge in [0.25, 0.3) is 0 Å². The van der Waals surface area contributed by atoms with Crippen LogP contribution in [-0.2, 0) is 0 Å². The Morgan fingerprint density at radius 1 is 1.62 bits per heavy atom. The van der Waals surface area contributed by atoms with Gasteiger partial charge in [-0.2, -0.15) is 0 Å². The third-order valence-corrected chi connectivity index (χ3v) is 2.50. The maximum atomic E-state index is 11.3. The Kier molecular flexibility index (Phi) is 3.75. The first kappa shape index (κ1) is 10.5. The van der Waals surface area contributed by atoms with E-state index in [0.29, 0.717) is 16.3 Å². The predicted octanol–water partition coefficient (Wildman–Crippen LogP) is 2.93. The molecule has 0 N–H and O–H groups in total. The third kappa shape index (κ3) is 2.23. The average molecular weight is 264 g/mol. The van der Waals surface area contributed by atoms with Crippen LogP contribution in [0.2, 0.25) is 5.02 Å². The summed E-state index contributed by atoms with van der Waals surface area (Å²) in [6.07, 6.45) is 0. The summed E-state index contributed by atoms with van der Waals surface area (Å²) < 4.78 is 4.98. The minimum Gasteiger partial charge on any atom is -0.495 e. The zero-order chi connectivity index (χ0) is 9.84. The summed E-state index contributed by atoms with van der Waals surface area (Å²) in [5.74, 6) is 0.470. The maximum Gasteiger partial charge on any atom is 0.175 e. The molecule has 1 rings (SSSR count). The van der Waals surface area contributed by atoms with Crippen molar-refractivity contribution in [2.75, 3.05) is 12.4 Å². The first-order valence-electron chi connectivity index (χ1n) is 3.62. The Hall–Kier alpha value is -0.540. The van der Waals surface area contributed by atoms with E-state index in [9.17, 15) is 4.79 Å². The van der Waals surface area contributed by atoms with Crippen molar-refractivity contribution < 1.29 is 9.53 Å². The van der Waals surface area contributed by atoms with Crippen LogP contribution in [0.1, 0.15) is 10.4 Å². The van der Waals surface area contributed by atoms with Gasteiger partial charge in [0.1, 0.15) is 5.75 Å². The number of alkyl halides is 1. The highest BCUT2D eigenvalue weighted by Crippen LogP contribution is 2.28. The van der Waals surface area contributed by atoms with Crippen LogP contribution in [-0.4, -0.2) is 18.2 Å². The Labute approximate surface area is 90.0 Å². The van der Waals surface area contributed by atoms with Crippen molar-refractivity contribution in [3.63, 3.8) is 0 Å². The van der Waals surface area contributed by atoms with Gasteiger partial charge in [0.15, 0.2) is 5.78 Å². The lowest BCUT2D eigenvalue weighted by atomic mass is 10.1. The summed E-state index contributed by atoms with van der Waals surface area (Å²) in [6, 6.07) is 5.13. The molecule has 0 fully saturated rings. The van der Waals surface area contributed by atoms with Crippen LogP contribution in [0.3, 0.4) is 0 Å². The van der Waals surface area contributed by atoms with Gasteiger partial charge in [0, 0.05) is 5.56 Å². The van der Waals surface area contributed by atoms with Gasteiger partial charge in [0.2, 0.25) is 0 Å². The topological polar surface area (TPSA) is 26.3 Å². The van der Waals surface area contributed by atoms with E-state index in [1.54, 1.807) is 18.2 Å². The first-order chi connectivity index (χ1) is 6.20. The summed E-state index contributed by atoms with van der Waals surface area (Å²) in [5, 5.41) is 0.634. The molecule has 0 bridgehead atoms. The molecule has 0 amide bonds. The molecule has 1 aromatic rings. The fourth-order valence-electron chi connectivity index (χ4n) is 0.956. The second-order valence-electron chi connectivity index (χ2n) is 2.38. The van der Waals surface area contributed by atoms with Crippen molar-refractivity contribution >= 4 is 33.3 Å². The number of ketones is 1. The van der Waals surface area contributed by atoms with E-state index in [1.165, 1.54) is 7.11 Å². The van der Waals surface area contributed by atoms with Gasteiger partial charge in [-0.3, -0.25) is 4.79 Å². The van der Waals surface area contributed by atoms with E-state index >= 15 is 0 Å². The van der Waals surface area contributed by atoms with Gasteiger partial charge in [-0.25, -0.2) is 0 Å². The van der Waals surface area contributed by atoms with Gasteiger partial charge in [-0.05, 0) is 12.1 Å². The minimum atomic E-state index is -0.0519. The summed E-state index contributed by atoms with van der Waals surface area (Å²) in [6.45, 7) is 0. The third-order valence-electron chi connectivity index (χ3n) is 1.60. The lowest BCUT2D eigenvalue weighted by Gasteiger charge is -2.05. The molecule has 0 aliphatic heterocycles. The molecule has 1 aromatic carbocycles. The van der Waals surface area contributed by atoms with Crippen LogP contribution in [0.5, 0.6) is 5.75 Å². The molecule has 0 aliphatic rings. The van der Waals surface area contributed by atoms with Crippen molar-refractivity contribution in [3.8, 4) is 5.75 Å². The van der Waals surface area contributed by atoms with Crippen LogP contribution in [0.25, 0.3) is 0 Å². The Balaban J connectivity index is 3.15. The molecule has 0 spiro atoms. The lowest BCUT2D eigenvalue weighted by molar-refractivity contribution is 0.102. The zero-order valence-electron chi connectivity index (χ0n) is 7.01. The molecule has 0 saturated carbocycles. The molecule has 2 nitrogen and oxygen atoms in total. The van der Waals surface area contributed by atoms with Crippen molar-refractivity contribution in [3.05, 3.63) is 28.8 Å². The molecule has 0 radical (unpaired) electrons. The Bertz CT molecular complexity index is 325. The summed E-state index contributed by atoms with van der Waals surface area (Å²) in [5.41, 5.74) is 0.484. The Morgan fingerprint density at radius 3 is 2.85 bits per heavy atom. The van der Waals surface area contributed by atoms with Crippen molar-refractivity contribution in [1.82, 2.24) is 0 Å². The normalized spacial score (nSPS) is 9.77. The number of hydrogen-bond acceptors (Lipinski definition) is 2. The van der Waals surface area contributed by atoms with Crippen LogP contribution in [0, 0.1) is 0 Å². The van der Waals surface area contributed by atoms with Gasteiger partial charge in [-0.15, -0.1) is 0 Å². The molecule has 0 heterocycles. The highest BCUT2D eigenvalue weighted by atomic mass is 79.9. The monoisotopic (exact) mass is 262 g/mol. The van der Waals surface area contributed by atoms with Crippen molar-refractivity contribution in [2.24, 2.45) is 0 Å². The molecule has 13 heavy (non-hydrogen) atoms. The van der Waals surface area contributed by atoms with Crippen LogP contribution in [0.15, 0.2) is 18.2 Å². The number of ether oxygens (including phenoxy) is 1. The molecular formula is C9H8BrClO2.